The van der Waals surface area contributed by atoms with E-state index in [2.05, 4.69) is 6.58 Å². The summed E-state index contributed by atoms with van der Waals surface area (Å²) in [5.41, 5.74) is -0.890. The molecular formula is C19H24O6. The number of carbonyl (C=O) groups is 2. The fourth-order valence-electron chi connectivity index (χ4n) is 3.74. The Morgan fingerprint density at radius 2 is 1.76 bits per heavy atom. The fraction of sp³-hybridized carbons (Fsp3) is 0.474. The number of aliphatic hydroxyl groups is 2. The van der Waals surface area contributed by atoms with E-state index >= 15 is 0 Å². The summed E-state index contributed by atoms with van der Waals surface area (Å²) >= 11 is 0. The maximum Gasteiger partial charge on any atom is 0.323 e. The van der Waals surface area contributed by atoms with Crippen molar-refractivity contribution in [2.24, 2.45) is 17.3 Å². The van der Waals surface area contributed by atoms with Crippen molar-refractivity contribution < 1.29 is 29.3 Å². The standard InChI is InChI=1S/C19H24O6/c1-4-13(16(21)12-8-6-5-7-9-12)14-10-19(11-15(14)20,17(22)24-2)18(23)25-3/h4-9,13-16,20-21H,1,10-11H2,2-3H3/t13-,14-,15-,16+/m1/s1. The first-order chi connectivity index (χ1) is 11.9. The van der Waals surface area contributed by atoms with E-state index in [0.29, 0.717) is 5.56 Å². The molecule has 25 heavy (non-hydrogen) atoms. The van der Waals surface area contributed by atoms with Crippen LogP contribution in [0.2, 0.25) is 0 Å². The summed E-state index contributed by atoms with van der Waals surface area (Å²) in [7, 11) is 2.38. The maximum absolute atomic E-state index is 12.3. The molecule has 1 fully saturated rings. The van der Waals surface area contributed by atoms with Crippen LogP contribution < -0.4 is 0 Å². The summed E-state index contributed by atoms with van der Waals surface area (Å²) in [6.45, 7) is 3.76. The second kappa shape index (κ2) is 7.80. The van der Waals surface area contributed by atoms with Crippen LogP contribution in [-0.2, 0) is 19.1 Å². The Hall–Kier alpha value is -2.18. The molecule has 0 amide bonds. The summed E-state index contributed by atoms with van der Waals surface area (Å²) in [5.74, 6) is -2.55. The van der Waals surface area contributed by atoms with Crippen LogP contribution in [0.25, 0.3) is 0 Å². The predicted octanol–water partition coefficient (Wildman–Crippen LogP) is 1.63. The zero-order valence-corrected chi connectivity index (χ0v) is 14.4. The van der Waals surface area contributed by atoms with Gasteiger partial charge in [-0.2, -0.15) is 0 Å². The average molecular weight is 348 g/mol. The van der Waals surface area contributed by atoms with Crippen LogP contribution in [0.1, 0.15) is 24.5 Å². The molecule has 0 unspecified atom stereocenters. The van der Waals surface area contributed by atoms with Crippen molar-refractivity contribution in [3.05, 3.63) is 48.6 Å². The number of methoxy groups -OCH3 is 2. The number of carbonyl (C=O) groups excluding carboxylic acids is 2. The number of aliphatic hydroxyl groups excluding tert-OH is 2. The van der Waals surface area contributed by atoms with Gasteiger partial charge in [0.2, 0.25) is 0 Å². The third-order valence-electron chi connectivity index (χ3n) is 5.06. The highest BCUT2D eigenvalue weighted by molar-refractivity contribution is 6.00. The van der Waals surface area contributed by atoms with E-state index in [4.69, 9.17) is 9.47 Å². The third-order valence-corrected chi connectivity index (χ3v) is 5.06. The lowest BCUT2D eigenvalue weighted by molar-refractivity contribution is -0.169. The van der Waals surface area contributed by atoms with Crippen molar-refractivity contribution >= 4 is 11.9 Å². The highest BCUT2D eigenvalue weighted by atomic mass is 16.5. The molecule has 0 aliphatic heterocycles. The number of rotatable bonds is 6. The Balaban J connectivity index is 2.33. The van der Waals surface area contributed by atoms with E-state index in [-0.39, 0.29) is 12.8 Å². The van der Waals surface area contributed by atoms with Gasteiger partial charge >= 0.3 is 11.9 Å². The molecule has 1 aliphatic carbocycles. The minimum atomic E-state index is -1.56. The minimum absolute atomic E-state index is 0.0219. The lowest BCUT2D eigenvalue weighted by Gasteiger charge is -2.29. The van der Waals surface area contributed by atoms with E-state index < -0.39 is 41.4 Å². The molecule has 0 bridgehead atoms. The van der Waals surface area contributed by atoms with E-state index in [1.807, 2.05) is 6.07 Å². The molecule has 0 aromatic heterocycles. The Morgan fingerprint density at radius 3 is 2.24 bits per heavy atom. The van der Waals surface area contributed by atoms with Crippen LogP contribution in [-0.4, -0.2) is 42.5 Å². The van der Waals surface area contributed by atoms with Gasteiger partial charge < -0.3 is 19.7 Å². The van der Waals surface area contributed by atoms with Crippen molar-refractivity contribution in [1.29, 1.82) is 0 Å². The van der Waals surface area contributed by atoms with Gasteiger partial charge in [0.15, 0.2) is 5.41 Å². The Kier molecular flexibility index (Phi) is 5.98. The van der Waals surface area contributed by atoms with Gasteiger partial charge in [-0.05, 0) is 17.9 Å². The quantitative estimate of drug-likeness (QED) is 0.461. The van der Waals surface area contributed by atoms with Crippen molar-refractivity contribution in [3.8, 4) is 0 Å². The minimum Gasteiger partial charge on any atom is -0.468 e. The summed E-state index contributed by atoms with van der Waals surface area (Å²) in [6, 6.07) is 8.99. The molecule has 0 heterocycles. The molecule has 136 valence electrons. The van der Waals surface area contributed by atoms with Crippen LogP contribution in [0.5, 0.6) is 0 Å². The van der Waals surface area contributed by atoms with Crippen molar-refractivity contribution in [3.63, 3.8) is 0 Å². The van der Waals surface area contributed by atoms with E-state index in [0.717, 1.165) is 0 Å². The van der Waals surface area contributed by atoms with Crippen LogP contribution in [0, 0.1) is 17.3 Å². The van der Waals surface area contributed by atoms with Crippen molar-refractivity contribution in [2.75, 3.05) is 14.2 Å². The van der Waals surface area contributed by atoms with Gasteiger partial charge in [-0.3, -0.25) is 9.59 Å². The number of esters is 2. The molecule has 1 aliphatic rings. The van der Waals surface area contributed by atoms with E-state index in [9.17, 15) is 19.8 Å². The van der Waals surface area contributed by atoms with Gasteiger partial charge in [-0.1, -0.05) is 36.4 Å². The van der Waals surface area contributed by atoms with Gasteiger partial charge in [-0.15, -0.1) is 6.58 Å². The Bertz CT molecular complexity index is 610. The maximum atomic E-state index is 12.3. The van der Waals surface area contributed by atoms with Crippen LogP contribution in [0.4, 0.5) is 0 Å². The van der Waals surface area contributed by atoms with Crippen molar-refractivity contribution in [1.82, 2.24) is 0 Å². The average Bonchev–Trinajstić information content (AvgIpc) is 3.00. The summed E-state index contributed by atoms with van der Waals surface area (Å²) < 4.78 is 9.55. The summed E-state index contributed by atoms with van der Waals surface area (Å²) in [4.78, 5) is 24.5. The molecule has 4 atom stereocenters. The lowest BCUT2D eigenvalue weighted by atomic mass is 9.79. The monoisotopic (exact) mass is 348 g/mol. The molecule has 0 radical (unpaired) electrons. The zero-order valence-electron chi connectivity index (χ0n) is 14.4. The molecule has 6 heteroatoms. The smallest absolute Gasteiger partial charge is 0.323 e. The third kappa shape index (κ3) is 3.45. The van der Waals surface area contributed by atoms with E-state index in [1.165, 1.54) is 14.2 Å². The second-order valence-electron chi connectivity index (χ2n) is 6.37. The largest absolute Gasteiger partial charge is 0.468 e. The normalized spacial score (nSPS) is 24.2. The first kappa shape index (κ1) is 19.1. The molecule has 0 spiro atoms. The topological polar surface area (TPSA) is 93.1 Å². The predicted molar refractivity (Wildman–Crippen MR) is 90.3 cm³/mol. The molecule has 2 rings (SSSR count). The van der Waals surface area contributed by atoms with Gasteiger partial charge in [-0.25, -0.2) is 0 Å². The van der Waals surface area contributed by atoms with Crippen LogP contribution >= 0.6 is 0 Å². The molecule has 6 nitrogen and oxygen atoms in total. The van der Waals surface area contributed by atoms with Gasteiger partial charge in [0.25, 0.3) is 0 Å². The molecule has 0 saturated heterocycles. The SMILES string of the molecule is C=C[C@H]([C@H]1CC(C(=O)OC)(C(=O)OC)C[C@H]1O)[C@@H](O)c1ccccc1. The highest BCUT2D eigenvalue weighted by Crippen LogP contribution is 2.49. The Morgan fingerprint density at radius 1 is 1.20 bits per heavy atom. The molecule has 1 saturated carbocycles. The molecular weight excluding hydrogens is 324 g/mol. The van der Waals surface area contributed by atoms with Crippen LogP contribution in [0.3, 0.4) is 0 Å². The van der Waals surface area contributed by atoms with Crippen molar-refractivity contribution in [2.45, 2.75) is 25.0 Å². The highest BCUT2D eigenvalue weighted by Gasteiger charge is 2.58. The van der Waals surface area contributed by atoms with Gasteiger partial charge in [0.1, 0.15) is 0 Å². The van der Waals surface area contributed by atoms with Crippen LogP contribution in [0.15, 0.2) is 43.0 Å². The zero-order chi connectivity index (χ0) is 18.6. The number of benzene rings is 1. The number of hydrogen-bond acceptors (Lipinski definition) is 6. The number of hydrogen-bond donors (Lipinski definition) is 2. The Labute approximate surface area is 147 Å². The van der Waals surface area contributed by atoms with Gasteiger partial charge in [0, 0.05) is 12.3 Å². The first-order valence-corrected chi connectivity index (χ1v) is 8.11. The summed E-state index contributed by atoms with van der Waals surface area (Å²) in [6.07, 6.45) is -0.420. The first-order valence-electron chi connectivity index (χ1n) is 8.11. The fourth-order valence-corrected chi connectivity index (χ4v) is 3.74. The molecule has 2 N–H and O–H groups in total. The van der Waals surface area contributed by atoms with Gasteiger partial charge in [0.05, 0.1) is 26.4 Å². The summed E-state index contributed by atoms with van der Waals surface area (Å²) in [5, 5.41) is 21.2. The number of ether oxygens (including phenoxy) is 2. The lowest BCUT2D eigenvalue weighted by Crippen LogP contribution is -2.39. The second-order valence-corrected chi connectivity index (χ2v) is 6.37. The van der Waals surface area contributed by atoms with E-state index in [1.54, 1.807) is 30.3 Å². The molecule has 1 aromatic carbocycles. The molecule has 1 aromatic rings.